The summed E-state index contributed by atoms with van der Waals surface area (Å²) in [6.45, 7) is 4.56. The van der Waals surface area contributed by atoms with Crippen molar-refractivity contribution in [2.24, 2.45) is 0 Å². The number of hydrogen-bond acceptors (Lipinski definition) is 5. The molecule has 0 unspecified atom stereocenters. The molecule has 22 heteroatoms. The second kappa shape index (κ2) is 14.5. The van der Waals surface area contributed by atoms with Crippen LogP contribution in [-0.2, 0) is 0 Å². The quantitative estimate of drug-likeness (QED) is 0.0653. The molecule has 0 amide bonds. The molecule has 0 spiro atoms. The highest BCUT2D eigenvalue weighted by atomic mass is 19.4. The van der Waals surface area contributed by atoms with Crippen LogP contribution in [0.5, 0.6) is 5.75 Å². The number of anilines is 1. The van der Waals surface area contributed by atoms with Gasteiger partial charge in [-0.3, -0.25) is 4.79 Å². The first-order valence-electron chi connectivity index (χ1n) is 15.8. The lowest BCUT2D eigenvalue weighted by Crippen LogP contribution is -2.67. The Bertz CT molecular complexity index is 2000. The molecule has 0 radical (unpaired) electrons. The van der Waals surface area contributed by atoms with E-state index in [1.807, 2.05) is 13.8 Å². The molecule has 0 N–H and O–H groups in total. The van der Waals surface area contributed by atoms with Gasteiger partial charge in [0.15, 0.2) is 11.3 Å². The maximum Gasteiger partial charge on any atom is 0.449 e. The van der Waals surface area contributed by atoms with Crippen LogP contribution in [0.25, 0.3) is 33.3 Å². The normalized spacial score (nSPS) is 13.9. The third-order valence-electron chi connectivity index (χ3n) is 8.31. The fraction of sp³-hybridized carbons (Fsp3) is 0.455. The van der Waals surface area contributed by atoms with Crippen LogP contribution in [0.1, 0.15) is 39.5 Å². The molecule has 0 atom stereocenters. The zero-order valence-corrected chi connectivity index (χ0v) is 27.8. The smallest absolute Gasteiger partial charge is 0.449 e. The zero-order valence-electron chi connectivity index (χ0n) is 27.8. The minimum absolute atomic E-state index is 0.182. The highest BCUT2D eigenvalue weighted by Crippen LogP contribution is 2.63. The van der Waals surface area contributed by atoms with Gasteiger partial charge in [0.25, 0.3) is 0 Å². The molecule has 2 aliphatic rings. The van der Waals surface area contributed by atoms with Crippen molar-refractivity contribution in [3.63, 3.8) is 0 Å². The highest BCUT2D eigenvalue weighted by molar-refractivity contribution is 5.99. The number of ether oxygens (including phenoxy) is 1. The molecule has 1 aliphatic carbocycles. The van der Waals surface area contributed by atoms with Crippen LogP contribution in [0.2, 0.25) is 0 Å². The average molecular weight is 821 g/mol. The van der Waals surface area contributed by atoms with Gasteiger partial charge in [-0.25, -0.2) is 13.8 Å². The van der Waals surface area contributed by atoms with Crippen molar-refractivity contribution >= 4 is 27.6 Å². The lowest BCUT2D eigenvalue weighted by Gasteiger charge is -2.41. The lowest BCUT2D eigenvalue weighted by atomic mass is 9.79. The molecule has 5 nitrogen and oxygen atoms in total. The van der Waals surface area contributed by atoms with Crippen LogP contribution in [-0.4, -0.2) is 60.3 Å². The van der Waals surface area contributed by atoms with Crippen LogP contribution in [0.3, 0.4) is 0 Å². The molecular weight excluding hydrogens is 795 g/mol. The number of alkyl halides is 17. The van der Waals surface area contributed by atoms with Crippen molar-refractivity contribution in [2.75, 3.05) is 18.0 Å². The number of halogens is 17. The first-order valence-corrected chi connectivity index (χ1v) is 15.8. The third-order valence-corrected chi connectivity index (χ3v) is 8.31. The number of allylic oxidation sites excluding steroid dienone is 2. The van der Waals surface area contributed by atoms with E-state index in [1.165, 1.54) is 24.3 Å². The van der Waals surface area contributed by atoms with Crippen LogP contribution >= 0.6 is 0 Å². The van der Waals surface area contributed by atoms with E-state index in [9.17, 15) is 70.7 Å². The Labute approximate surface area is 297 Å². The number of nitrogens with zero attached hydrogens (tertiary/aromatic N) is 2. The maximum atomic E-state index is 15.4. The molecule has 0 saturated heterocycles. The maximum absolute atomic E-state index is 15.4. The first-order chi connectivity index (χ1) is 25.1. The van der Waals surface area contributed by atoms with E-state index in [2.05, 4.69) is 9.72 Å². The number of fused-ring (bicyclic) bond motifs is 4. The summed E-state index contributed by atoms with van der Waals surface area (Å²) in [5.74, 6) is -8.59. The molecule has 4 rings (SSSR count). The molecule has 304 valence electrons. The van der Waals surface area contributed by atoms with Crippen LogP contribution in [0, 0.1) is 0 Å². The average Bonchev–Trinajstić information content (AvgIpc) is 3.05. The molecule has 1 heterocycles. The van der Waals surface area contributed by atoms with E-state index >= 15 is 8.78 Å². The number of aromatic nitrogens is 1. The Morgan fingerprint density at radius 2 is 1.16 bits per heavy atom. The Morgan fingerprint density at radius 1 is 0.691 bits per heavy atom. The Kier molecular flexibility index (Phi) is 11.4. The molecule has 0 aromatic heterocycles. The van der Waals surface area contributed by atoms with Gasteiger partial charge in [-0.1, -0.05) is 51.0 Å². The fourth-order valence-electron chi connectivity index (χ4n) is 5.60. The minimum Gasteiger partial charge on any atom is -0.449 e. The third kappa shape index (κ3) is 7.56. The molecular formula is C33H25F17N2O3. The van der Waals surface area contributed by atoms with Gasteiger partial charge in [0.2, 0.25) is 16.9 Å². The summed E-state index contributed by atoms with van der Waals surface area (Å²) in [6.07, 6.45) is -37.7. The minimum atomic E-state index is -8.43. The molecule has 1 aliphatic heterocycles. The van der Waals surface area contributed by atoms with Crippen LogP contribution < -0.4 is 15.1 Å². The van der Waals surface area contributed by atoms with Gasteiger partial charge in [0, 0.05) is 35.6 Å². The standard InChI is InChI=1S/C33H25F17N2O3/c1-3-5-13-52(14-6-4-2)16-11-12-19-20(15-16)54-23-21(51-19)17-9-7-8-10-18(17)22(53)24(23)55-26(29(36,37)38)25(27(34,30(39,40)41)31(42,43)44)28(35,32(45,46)47)33(48,49)50/h7-12,15H,3-6,13-14H2,1-2H3. The van der Waals surface area contributed by atoms with Crippen LogP contribution in [0.4, 0.5) is 80.3 Å². The van der Waals surface area contributed by atoms with Crippen LogP contribution in [0.15, 0.2) is 63.0 Å². The summed E-state index contributed by atoms with van der Waals surface area (Å²) in [7, 11) is 0. The summed E-state index contributed by atoms with van der Waals surface area (Å²) in [4.78, 5) is 19.5. The largest absolute Gasteiger partial charge is 0.449 e. The molecule has 2 aromatic rings. The summed E-state index contributed by atoms with van der Waals surface area (Å²) in [5, 5.41) is -1.25. The van der Waals surface area contributed by atoms with Gasteiger partial charge in [-0.2, -0.15) is 65.9 Å². The number of unbranched alkanes of at least 4 members (excludes halogenated alkanes) is 2. The van der Waals surface area contributed by atoms with Crippen molar-refractivity contribution in [1.82, 2.24) is 4.98 Å². The van der Waals surface area contributed by atoms with Crippen molar-refractivity contribution in [1.29, 1.82) is 0 Å². The first kappa shape index (κ1) is 43.2. The van der Waals surface area contributed by atoms with E-state index < -0.39 is 87.2 Å². The summed E-state index contributed by atoms with van der Waals surface area (Å²) < 4.78 is 250. The monoisotopic (exact) mass is 820 g/mol. The molecule has 0 fully saturated rings. The van der Waals surface area contributed by atoms with Gasteiger partial charge in [-0.15, -0.1) is 0 Å². The van der Waals surface area contributed by atoms with E-state index in [4.69, 9.17) is 4.42 Å². The van der Waals surface area contributed by atoms with Gasteiger partial charge >= 0.3 is 42.2 Å². The van der Waals surface area contributed by atoms with Gasteiger partial charge < -0.3 is 14.1 Å². The Balaban J connectivity index is 2.26. The second-order valence-corrected chi connectivity index (χ2v) is 12.1. The molecule has 0 saturated carbocycles. The topological polar surface area (TPSA) is 55.6 Å². The fourth-order valence-corrected chi connectivity index (χ4v) is 5.60. The number of rotatable bonds is 11. The predicted molar refractivity (Wildman–Crippen MR) is 162 cm³/mol. The highest BCUT2D eigenvalue weighted by Gasteiger charge is 2.88. The Morgan fingerprint density at radius 3 is 1.60 bits per heavy atom. The summed E-state index contributed by atoms with van der Waals surface area (Å²) in [6, 6.07) is 7.90. The summed E-state index contributed by atoms with van der Waals surface area (Å²) >= 11 is 0. The van der Waals surface area contributed by atoms with Crippen molar-refractivity contribution in [3.8, 4) is 17.2 Å². The predicted octanol–water partition coefficient (Wildman–Crippen LogP) is 11.7. The van der Waals surface area contributed by atoms with E-state index in [1.54, 1.807) is 4.90 Å². The van der Waals surface area contributed by atoms with Crippen molar-refractivity contribution in [3.05, 3.63) is 64.0 Å². The molecule has 2 aromatic carbocycles. The van der Waals surface area contributed by atoms with Crippen molar-refractivity contribution < 1.29 is 83.8 Å². The second-order valence-electron chi connectivity index (χ2n) is 12.1. The van der Waals surface area contributed by atoms with Gasteiger partial charge in [-0.05, 0) is 25.0 Å². The SMILES string of the molecule is CCCCN(CCCC)c1ccc2nc3c4ccccc4c(=O)c(OC(=C(C(F)(C(F)(F)F)C(F)(F)F)C(F)(C(F)(F)F)C(F)(F)F)C(F)(F)F)c-3oc2c1. The van der Waals surface area contributed by atoms with Gasteiger partial charge in [0.05, 0.1) is 5.57 Å². The summed E-state index contributed by atoms with van der Waals surface area (Å²) in [5.41, 5.74) is -25.8. The zero-order chi connectivity index (χ0) is 41.7. The van der Waals surface area contributed by atoms with E-state index in [-0.39, 0.29) is 10.9 Å². The molecule has 55 heavy (non-hydrogen) atoms. The van der Waals surface area contributed by atoms with Crippen molar-refractivity contribution in [2.45, 2.75) is 81.7 Å². The Hall–Kier alpha value is -4.53. The number of benzene rings is 3. The van der Waals surface area contributed by atoms with E-state index in [0.717, 1.165) is 18.2 Å². The number of hydrogen-bond donors (Lipinski definition) is 0. The van der Waals surface area contributed by atoms with E-state index in [0.29, 0.717) is 44.5 Å². The van der Waals surface area contributed by atoms with Gasteiger partial charge in [0.1, 0.15) is 11.2 Å². The lowest BCUT2D eigenvalue weighted by molar-refractivity contribution is -0.365. The molecule has 0 bridgehead atoms.